The standard InChI is InChI=1S/C25H20N2O3/c1-16-11-13-19(14-12-16)25(29)30-21-10-3-6-17(2)22(21)24(28)27-20-9-4-7-18-8-5-15-26-23(18)20/h3-15H,1-2H3,(H,27,28). The van der Waals surface area contributed by atoms with Crippen molar-refractivity contribution in [1.82, 2.24) is 4.98 Å². The Balaban J connectivity index is 1.64. The molecule has 0 unspecified atom stereocenters. The minimum Gasteiger partial charge on any atom is -0.422 e. The minimum atomic E-state index is -0.513. The number of benzene rings is 3. The average Bonchev–Trinajstić information content (AvgIpc) is 2.74. The molecule has 4 aromatic rings. The maximum absolute atomic E-state index is 13.1. The van der Waals surface area contributed by atoms with Gasteiger partial charge in [0.15, 0.2) is 0 Å². The predicted octanol–water partition coefficient (Wildman–Crippen LogP) is 5.32. The number of anilines is 1. The summed E-state index contributed by atoms with van der Waals surface area (Å²) in [6.45, 7) is 3.75. The third-order valence-corrected chi connectivity index (χ3v) is 4.83. The van der Waals surface area contributed by atoms with Crippen LogP contribution < -0.4 is 10.1 Å². The average molecular weight is 396 g/mol. The number of fused-ring (bicyclic) bond motifs is 1. The lowest BCUT2D eigenvalue weighted by Crippen LogP contribution is -2.17. The van der Waals surface area contributed by atoms with Gasteiger partial charge in [-0.05, 0) is 49.7 Å². The van der Waals surface area contributed by atoms with Crippen LogP contribution in [0.15, 0.2) is 79.0 Å². The molecular weight excluding hydrogens is 376 g/mol. The Morgan fingerprint density at radius 1 is 0.867 bits per heavy atom. The second-order valence-corrected chi connectivity index (χ2v) is 7.04. The van der Waals surface area contributed by atoms with Crippen molar-refractivity contribution in [2.75, 3.05) is 5.32 Å². The normalized spacial score (nSPS) is 10.6. The van der Waals surface area contributed by atoms with Gasteiger partial charge < -0.3 is 10.1 Å². The van der Waals surface area contributed by atoms with Gasteiger partial charge in [-0.2, -0.15) is 0 Å². The molecule has 1 heterocycles. The number of hydrogen-bond acceptors (Lipinski definition) is 4. The first-order valence-electron chi connectivity index (χ1n) is 9.56. The zero-order valence-corrected chi connectivity index (χ0v) is 16.7. The first-order valence-corrected chi connectivity index (χ1v) is 9.56. The predicted molar refractivity (Wildman–Crippen MR) is 117 cm³/mol. The van der Waals surface area contributed by atoms with Crippen LogP contribution >= 0.6 is 0 Å². The number of para-hydroxylation sites is 1. The topological polar surface area (TPSA) is 68.3 Å². The number of nitrogens with one attached hydrogen (secondary N) is 1. The van der Waals surface area contributed by atoms with E-state index in [-0.39, 0.29) is 11.7 Å². The van der Waals surface area contributed by atoms with E-state index in [9.17, 15) is 9.59 Å². The molecule has 0 radical (unpaired) electrons. The number of carbonyl (C=O) groups excluding carboxylic acids is 2. The van der Waals surface area contributed by atoms with E-state index in [1.54, 1.807) is 49.5 Å². The highest BCUT2D eigenvalue weighted by molar-refractivity contribution is 6.11. The van der Waals surface area contributed by atoms with E-state index < -0.39 is 5.97 Å². The largest absolute Gasteiger partial charge is 0.422 e. The lowest BCUT2D eigenvalue weighted by atomic mass is 10.1. The van der Waals surface area contributed by atoms with Gasteiger partial charge in [0, 0.05) is 11.6 Å². The van der Waals surface area contributed by atoms with Gasteiger partial charge in [-0.15, -0.1) is 0 Å². The summed E-state index contributed by atoms with van der Waals surface area (Å²) in [7, 11) is 0. The Morgan fingerprint density at radius 3 is 2.40 bits per heavy atom. The second-order valence-electron chi connectivity index (χ2n) is 7.04. The van der Waals surface area contributed by atoms with Crippen LogP contribution in [0.5, 0.6) is 5.75 Å². The number of rotatable bonds is 4. The van der Waals surface area contributed by atoms with Crippen molar-refractivity contribution in [3.8, 4) is 5.75 Å². The Kier molecular flexibility index (Phi) is 5.26. The van der Waals surface area contributed by atoms with Crippen LogP contribution in [0, 0.1) is 13.8 Å². The van der Waals surface area contributed by atoms with Gasteiger partial charge in [0.05, 0.1) is 22.3 Å². The highest BCUT2D eigenvalue weighted by Crippen LogP contribution is 2.26. The monoisotopic (exact) mass is 396 g/mol. The van der Waals surface area contributed by atoms with Crippen LogP contribution in [-0.2, 0) is 0 Å². The molecule has 0 bridgehead atoms. The molecule has 1 amide bonds. The maximum Gasteiger partial charge on any atom is 0.343 e. The maximum atomic E-state index is 13.1. The van der Waals surface area contributed by atoms with E-state index in [4.69, 9.17) is 4.74 Å². The molecular formula is C25H20N2O3. The molecule has 5 nitrogen and oxygen atoms in total. The van der Waals surface area contributed by atoms with Crippen LogP contribution in [0.4, 0.5) is 5.69 Å². The summed E-state index contributed by atoms with van der Waals surface area (Å²) in [5.74, 6) is -0.661. The van der Waals surface area contributed by atoms with Crippen LogP contribution in [-0.4, -0.2) is 16.9 Å². The van der Waals surface area contributed by atoms with Gasteiger partial charge in [-0.1, -0.05) is 48.0 Å². The molecule has 1 aromatic heterocycles. The summed E-state index contributed by atoms with van der Waals surface area (Å²) in [4.78, 5) is 30.1. The van der Waals surface area contributed by atoms with Gasteiger partial charge >= 0.3 is 5.97 Å². The van der Waals surface area contributed by atoms with E-state index in [0.29, 0.717) is 27.9 Å². The first kappa shape index (κ1) is 19.3. The van der Waals surface area contributed by atoms with E-state index in [2.05, 4.69) is 10.3 Å². The molecule has 0 fully saturated rings. The van der Waals surface area contributed by atoms with Crippen molar-refractivity contribution >= 4 is 28.5 Å². The lowest BCUT2D eigenvalue weighted by Gasteiger charge is -2.14. The lowest BCUT2D eigenvalue weighted by molar-refractivity contribution is 0.0733. The number of esters is 1. The molecule has 0 saturated carbocycles. The molecule has 0 spiro atoms. The Morgan fingerprint density at radius 2 is 1.60 bits per heavy atom. The van der Waals surface area contributed by atoms with Gasteiger partial charge in [-0.25, -0.2) is 4.79 Å². The third kappa shape index (κ3) is 3.91. The number of carbonyl (C=O) groups is 2. The van der Waals surface area contributed by atoms with Crippen molar-refractivity contribution < 1.29 is 14.3 Å². The van der Waals surface area contributed by atoms with Gasteiger partial charge in [-0.3, -0.25) is 9.78 Å². The van der Waals surface area contributed by atoms with Crippen molar-refractivity contribution in [1.29, 1.82) is 0 Å². The van der Waals surface area contributed by atoms with Crippen LogP contribution in [0.2, 0.25) is 0 Å². The summed E-state index contributed by atoms with van der Waals surface area (Å²) < 4.78 is 5.58. The fraction of sp³-hybridized carbons (Fsp3) is 0.0800. The van der Waals surface area contributed by atoms with Crippen molar-refractivity contribution in [3.05, 3.63) is 101 Å². The number of amides is 1. The fourth-order valence-electron chi connectivity index (χ4n) is 3.26. The highest BCUT2D eigenvalue weighted by Gasteiger charge is 2.19. The van der Waals surface area contributed by atoms with Crippen molar-refractivity contribution in [3.63, 3.8) is 0 Å². The number of aromatic nitrogens is 1. The van der Waals surface area contributed by atoms with E-state index in [1.807, 2.05) is 43.3 Å². The Hall–Kier alpha value is -3.99. The SMILES string of the molecule is Cc1ccc(C(=O)Oc2cccc(C)c2C(=O)Nc2cccc3cccnc23)cc1. The number of nitrogens with zero attached hydrogens (tertiary/aromatic N) is 1. The number of pyridine rings is 1. The Bertz CT molecular complexity index is 1240. The van der Waals surface area contributed by atoms with Crippen LogP contribution in [0.3, 0.4) is 0 Å². The highest BCUT2D eigenvalue weighted by atomic mass is 16.5. The number of ether oxygens (including phenoxy) is 1. The summed E-state index contributed by atoms with van der Waals surface area (Å²) in [6, 6.07) is 21.6. The summed E-state index contributed by atoms with van der Waals surface area (Å²) in [5.41, 5.74) is 3.77. The van der Waals surface area contributed by atoms with E-state index in [1.165, 1.54) is 0 Å². The summed E-state index contributed by atoms with van der Waals surface area (Å²) >= 11 is 0. The van der Waals surface area contributed by atoms with Gasteiger partial charge in [0.1, 0.15) is 5.75 Å². The third-order valence-electron chi connectivity index (χ3n) is 4.83. The quantitative estimate of drug-likeness (QED) is 0.374. The van der Waals surface area contributed by atoms with E-state index in [0.717, 1.165) is 10.9 Å². The fourth-order valence-corrected chi connectivity index (χ4v) is 3.26. The minimum absolute atomic E-state index is 0.214. The van der Waals surface area contributed by atoms with Crippen molar-refractivity contribution in [2.24, 2.45) is 0 Å². The summed E-state index contributed by atoms with van der Waals surface area (Å²) in [5, 5.41) is 3.83. The number of hydrogen-bond donors (Lipinski definition) is 1. The van der Waals surface area contributed by atoms with Gasteiger partial charge in [0.25, 0.3) is 5.91 Å². The molecule has 3 aromatic carbocycles. The van der Waals surface area contributed by atoms with Crippen LogP contribution in [0.1, 0.15) is 31.8 Å². The molecule has 148 valence electrons. The molecule has 1 N–H and O–H groups in total. The molecule has 0 aliphatic rings. The second kappa shape index (κ2) is 8.17. The molecule has 0 atom stereocenters. The van der Waals surface area contributed by atoms with Crippen LogP contribution in [0.25, 0.3) is 10.9 Å². The molecule has 0 saturated heterocycles. The molecule has 4 rings (SSSR count). The molecule has 5 heteroatoms. The zero-order valence-electron chi connectivity index (χ0n) is 16.7. The molecule has 0 aliphatic carbocycles. The number of aryl methyl sites for hydroxylation is 2. The zero-order chi connectivity index (χ0) is 21.1. The van der Waals surface area contributed by atoms with E-state index >= 15 is 0 Å². The smallest absolute Gasteiger partial charge is 0.343 e. The molecule has 0 aliphatic heterocycles. The summed E-state index contributed by atoms with van der Waals surface area (Å²) in [6.07, 6.45) is 1.68. The Labute approximate surface area is 174 Å². The van der Waals surface area contributed by atoms with Crippen molar-refractivity contribution in [2.45, 2.75) is 13.8 Å². The van der Waals surface area contributed by atoms with Gasteiger partial charge in [0.2, 0.25) is 0 Å². The molecule has 30 heavy (non-hydrogen) atoms. The first-order chi connectivity index (χ1) is 14.5.